The third kappa shape index (κ3) is 3.29. The van der Waals surface area contributed by atoms with E-state index in [0.717, 1.165) is 16.0 Å². The van der Waals surface area contributed by atoms with E-state index in [1.165, 1.54) is 16.2 Å². The Bertz CT molecular complexity index is 987. The highest BCUT2D eigenvalue weighted by molar-refractivity contribution is 7.17. The van der Waals surface area contributed by atoms with Crippen molar-refractivity contribution in [3.05, 3.63) is 50.9 Å². The Kier molecular flexibility index (Phi) is 4.89. The molecule has 0 N–H and O–H groups in total. The van der Waals surface area contributed by atoms with Crippen LogP contribution in [0, 0.1) is 0 Å². The Hall–Kier alpha value is -2.38. The number of rotatable bonds is 2. The van der Waals surface area contributed by atoms with Gasteiger partial charge in [-0.25, -0.2) is 0 Å². The fraction of sp³-hybridized carbons (Fsp3) is 0.350. The Balaban J connectivity index is 1.59. The number of anilines is 1. The molecule has 2 aliphatic rings. The average Bonchev–Trinajstić information content (AvgIpc) is 3.01. The van der Waals surface area contributed by atoms with E-state index < -0.39 is 0 Å². The standard InChI is InChI=1S/C20H20ClN3O3S/c1-22-11-17(26)23(2)20-18(19(22)27)14-6-7-24(10-15(14)28-20)16(25)9-12-4-3-5-13(21)8-12/h3-5,8H,6-7,9-11H2,1-2H3. The molecule has 1 aromatic carbocycles. The maximum Gasteiger partial charge on any atom is 0.257 e. The Morgan fingerprint density at radius 3 is 2.75 bits per heavy atom. The SMILES string of the molecule is CN1CC(=O)N(C)c2sc3c(c2C1=O)CCN(C(=O)Cc1cccc(Cl)c1)C3. The predicted molar refractivity (Wildman–Crippen MR) is 109 cm³/mol. The van der Waals surface area contributed by atoms with Crippen molar-refractivity contribution < 1.29 is 14.4 Å². The molecule has 3 heterocycles. The molecule has 0 atom stereocenters. The molecule has 3 amide bonds. The maximum absolute atomic E-state index is 12.8. The molecule has 2 aromatic rings. The summed E-state index contributed by atoms with van der Waals surface area (Å²) in [6, 6.07) is 7.32. The summed E-state index contributed by atoms with van der Waals surface area (Å²) < 4.78 is 0. The first-order chi connectivity index (χ1) is 13.3. The van der Waals surface area contributed by atoms with Crippen LogP contribution >= 0.6 is 22.9 Å². The summed E-state index contributed by atoms with van der Waals surface area (Å²) >= 11 is 7.45. The minimum Gasteiger partial charge on any atom is -0.337 e. The second-order valence-corrected chi connectivity index (χ2v) is 8.69. The number of carbonyl (C=O) groups is 3. The second kappa shape index (κ2) is 7.22. The number of thiophene rings is 1. The van der Waals surface area contributed by atoms with Gasteiger partial charge in [0.25, 0.3) is 5.91 Å². The highest BCUT2D eigenvalue weighted by atomic mass is 35.5. The Morgan fingerprint density at radius 2 is 2.00 bits per heavy atom. The molecule has 0 unspecified atom stereocenters. The number of carbonyl (C=O) groups excluding carboxylic acids is 3. The average molecular weight is 418 g/mol. The first-order valence-electron chi connectivity index (χ1n) is 9.04. The molecule has 0 saturated heterocycles. The number of hydrogen-bond acceptors (Lipinski definition) is 4. The van der Waals surface area contributed by atoms with E-state index in [0.29, 0.717) is 41.5 Å². The van der Waals surface area contributed by atoms with Crippen molar-refractivity contribution in [3.63, 3.8) is 0 Å². The summed E-state index contributed by atoms with van der Waals surface area (Å²) in [5.41, 5.74) is 2.48. The fourth-order valence-electron chi connectivity index (χ4n) is 3.68. The van der Waals surface area contributed by atoms with Crippen LogP contribution in [0.1, 0.15) is 26.4 Å². The van der Waals surface area contributed by atoms with E-state index in [9.17, 15) is 14.4 Å². The summed E-state index contributed by atoms with van der Waals surface area (Å²) in [5, 5.41) is 1.30. The van der Waals surface area contributed by atoms with Crippen molar-refractivity contribution in [2.75, 3.05) is 32.1 Å². The van der Waals surface area contributed by atoms with Crippen LogP contribution in [0.3, 0.4) is 0 Å². The zero-order chi connectivity index (χ0) is 20.0. The quantitative estimate of drug-likeness (QED) is 0.754. The molecule has 8 heteroatoms. The van der Waals surface area contributed by atoms with Crippen molar-refractivity contribution in [2.45, 2.75) is 19.4 Å². The van der Waals surface area contributed by atoms with Gasteiger partial charge in [-0.15, -0.1) is 11.3 Å². The molecule has 0 bridgehead atoms. The van der Waals surface area contributed by atoms with E-state index >= 15 is 0 Å². The molecule has 0 spiro atoms. The normalized spacial score (nSPS) is 16.8. The third-order valence-corrected chi connectivity index (χ3v) is 6.78. The number of nitrogens with zero attached hydrogens (tertiary/aromatic N) is 3. The monoisotopic (exact) mass is 417 g/mol. The summed E-state index contributed by atoms with van der Waals surface area (Å²) in [6.07, 6.45) is 0.908. The van der Waals surface area contributed by atoms with Gasteiger partial charge in [0.15, 0.2) is 0 Å². The van der Waals surface area contributed by atoms with Gasteiger partial charge in [-0.1, -0.05) is 23.7 Å². The lowest BCUT2D eigenvalue weighted by atomic mass is 10.0. The summed E-state index contributed by atoms with van der Waals surface area (Å²) in [4.78, 5) is 43.7. The fourth-order valence-corrected chi connectivity index (χ4v) is 5.22. The number of amides is 3. The Morgan fingerprint density at radius 1 is 1.21 bits per heavy atom. The molecule has 2 aliphatic heterocycles. The third-order valence-electron chi connectivity index (χ3n) is 5.25. The second-order valence-electron chi connectivity index (χ2n) is 7.17. The van der Waals surface area contributed by atoms with Crippen molar-refractivity contribution in [2.24, 2.45) is 0 Å². The molecule has 0 aliphatic carbocycles. The van der Waals surface area contributed by atoms with Gasteiger partial charge in [-0.05, 0) is 29.7 Å². The maximum atomic E-state index is 12.8. The number of benzene rings is 1. The van der Waals surface area contributed by atoms with E-state index in [-0.39, 0.29) is 24.3 Å². The van der Waals surface area contributed by atoms with Gasteiger partial charge in [0.2, 0.25) is 11.8 Å². The molecular weight excluding hydrogens is 398 g/mol. The van der Waals surface area contributed by atoms with Crippen LogP contribution in [0.5, 0.6) is 0 Å². The molecule has 1 aromatic heterocycles. The molecule has 0 fully saturated rings. The molecule has 6 nitrogen and oxygen atoms in total. The zero-order valence-corrected chi connectivity index (χ0v) is 17.3. The van der Waals surface area contributed by atoms with Gasteiger partial charge < -0.3 is 14.7 Å². The highest BCUT2D eigenvalue weighted by Crippen LogP contribution is 2.40. The van der Waals surface area contributed by atoms with Crippen LogP contribution in [-0.2, 0) is 29.0 Å². The molecular formula is C20H20ClN3O3S. The van der Waals surface area contributed by atoms with Crippen LogP contribution in [0.2, 0.25) is 5.02 Å². The summed E-state index contributed by atoms with van der Waals surface area (Å²) in [6.45, 7) is 1.10. The summed E-state index contributed by atoms with van der Waals surface area (Å²) in [7, 11) is 3.36. The van der Waals surface area contributed by atoms with Gasteiger partial charge in [0.1, 0.15) is 11.5 Å². The van der Waals surface area contributed by atoms with Crippen LogP contribution in [0.15, 0.2) is 24.3 Å². The topological polar surface area (TPSA) is 60.9 Å². The minimum absolute atomic E-state index is 0.0318. The lowest BCUT2D eigenvalue weighted by molar-refractivity contribution is -0.131. The van der Waals surface area contributed by atoms with Gasteiger partial charge in [0, 0.05) is 30.5 Å². The van der Waals surface area contributed by atoms with Gasteiger partial charge in [-0.2, -0.15) is 0 Å². The lowest BCUT2D eigenvalue weighted by Gasteiger charge is -2.27. The summed E-state index contributed by atoms with van der Waals surface area (Å²) in [5.74, 6) is -0.199. The molecule has 0 saturated carbocycles. The van der Waals surface area contributed by atoms with E-state index in [1.807, 2.05) is 17.0 Å². The molecule has 28 heavy (non-hydrogen) atoms. The smallest absolute Gasteiger partial charge is 0.257 e. The Labute approximate surface area is 172 Å². The predicted octanol–water partition coefficient (Wildman–Crippen LogP) is 2.58. The van der Waals surface area contributed by atoms with Crippen molar-refractivity contribution in [1.82, 2.24) is 9.80 Å². The number of fused-ring (bicyclic) bond motifs is 3. The molecule has 0 radical (unpaired) electrons. The van der Waals surface area contributed by atoms with Crippen LogP contribution in [-0.4, -0.2) is 54.7 Å². The van der Waals surface area contributed by atoms with Crippen molar-refractivity contribution >= 4 is 45.7 Å². The molecule has 146 valence electrons. The lowest BCUT2D eigenvalue weighted by Crippen LogP contribution is -2.37. The van der Waals surface area contributed by atoms with Gasteiger partial charge >= 0.3 is 0 Å². The first kappa shape index (κ1) is 19.0. The first-order valence-corrected chi connectivity index (χ1v) is 10.2. The van der Waals surface area contributed by atoms with E-state index in [1.54, 1.807) is 31.1 Å². The number of hydrogen-bond donors (Lipinski definition) is 0. The zero-order valence-electron chi connectivity index (χ0n) is 15.7. The number of halogens is 1. The van der Waals surface area contributed by atoms with Gasteiger partial charge in [0.05, 0.1) is 18.5 Å². The van der Waals surface area contributed by atoms with E-state index in [2.05, 4.69) is 0 Å². The van der Waals surface area contributed by atoms with Crippen LogP contribution in [0.25, 0.3) is 0 Å². The molecule has 4 rings (SSSR count). The van der Waals surface area contributed by atoms with Crippen molar-refractivity contribution in [1.29, 1.82) is 0 Å². The number of likely N-dealkylation sites (N-methyl/N-ethyl adjacent to an activating group) is 2. The van der Waals surface area contributed by atoms with Crippen LogP contribution < -0.4 is 4.90 Å². The largest absolute Gasteiger partial charge is 0.337 e. The highest BCUT2D eigenvalue weighted by Gasteiger charge is 2.36. The van der Waals surface area contributed by atoms with Gasteiger partial charge in [-0.3, -0.25) is 14.4 Å². The minimum atomic E-state index is -0.121. The van der Waals surface area contributed by atoms with E-state index in [4.69, 9.17) is 11.6 Å². The van der Waals surface area contributed by atoms with Crippen molar-refractivity contribution in [3.8, 4) is 0 Å². The van der Waals surface area contributed by atoms with Crippen LogP contribution in [0.4, 0.5) is 5.00 Å².